The first-order valence-corrected chi connectivity index (χ1v) is 25.8. The Kier molecular flexibility index (Phi) is 14.3. The van der Waals surface area contributed by atoms with Gasteiger partial charge in [-0.2, -0.15) is 0 Å². The predicted molar refractivity (Wildman–Crippen MR) is 240 cm³/mol. The van der Waals surface area contributed by atoms with E-state index in [1.807, 2.05) is 0 Å². The van der Waals surface area contributed by atoms with Gasteiger partial charge in [-0.25, -0.2) is 0 Å². The van der Waals surface area contributed by atoms with Gasteiger partial charge in [-0.15, -0.1) is 0 Å². The first-order chi connectivity index (χ1) is 28.8. The molecule has 22 atom stereocenters. The van der Waals surface area contributed by atoms with Crippen LogP contribution in [0.5, 0.6) is 0 Å². The molecule has 0 bridgehead atoms. The van der Waals surface area contributed by atoms with E-state index in [-0.39, 0.29) is 58.5 Å². The largest absolute Gasteiger partial charge is 0.481 e. The van der Waals surface area contributed by atoms with Crippen LogP contribution in [0.1, 0.15) is 184 Å². The summed E-state index contributed by atoms with van der Waals surface area (Å²) in [7, 11) is 1.48. The van der Waals surface area contributed by atoms with Crippen molar-refractivity contribution in [2.24, 2.45) is 105 Å². The lowest BCUT2D eigenvalue weighted by Crippen LogP contribution is -2.62. The Hall–Kier alpha value is -1.22. The van der Waals surface area contributed by atoms with Gasteiger partial charge in [0.1, 0.15) is 0 Å². The molecule has 0 aromatic carbocycles. The van der Waals surface area contributed by atoms with Crippen molar-refractivity contribution in [3.8, 4) is 0 Å². The monoisotopic (exact) mass is 855 g/mol. The summed E-state index contributed by atoms with van der Waals surface area (Å²) in [6, 6.07) is 0. The zero-order valence-corrected chi connectivity index (χ0v) is 40.0. The number of carboxylic acid groups (broad SMARTS) is 1. The second-order valence-corrected chi connectivity index (χ2v) is 24.2. The van der Waals surface area contributed by atoms with Crippen molar-refractivity contribution in [3.63, 3.8) is 0 Å². The van der Waals surface area contributed by atoms with Crippen LogP contribution in [-0.4, -0.2) is 69.0 Å². The number of carbonyl (C=O) groups excluding carboxylic acids is 1. The number of hydrogen-bond donors (Lipinski definition) is 5. The molecule has 4 unspecified atom stereocenters. The first kappa shape index (κ1) is 47.7. The van der Waals surface area contributed by atoms with Crippen LogP contribution in [0, 0.1) is 105 Å². The van der Waals surface area contributed by atoms with E-state index in [1.54, 1.807) is 0 Å². The molecule has 8 fully saturated rings. The van der Waals surface area contributed by atoms with Gasteiger partial charge in [0.2, 0.25) is 0 Å². The standard InChI is InChI=1S/C27H46O4.C26H44O4/c1-6-18-22-15-17(28)11-13-27(22,4)21-12-14-26(3)19(16(2)7-10-23(29)31-5)8-9-20(26)24(21)25(18)30;1-5-17-21-14-16(27)10-12-26(21,4)20-11-13-25(3)18(15(2)6-9-22(28)29)7-8-19(25)23(20)24(17)30/h16-22,24-25,28,30H,6-15H2,1-5H3;15-21,23-24,27,30H,5-14H2,1-4H3,(H,28,29)/t16-,17-,18-,19-,20?,21?,22+,24+,25-,26-,27-;15-,16-,17-,18-,19?,20?,21+,23+,24-,25-,26-/m11/s1. The lowest BCUT2D eigenvalue weighted by molar-refractivity contribution is -0.203. The van der Waals surface area contributed by atoms with Gasteiger partial charge in [-0.3, -0.25) is 9.59 Å². The molecule has 350 valence electrons. The summed E-state index contributed by atoms with van der Waals surface area (Å²) < 4.78 is 4.88. The molecule has 0 aromatic heterocycles. The summed E-state index contributed by atoms with van der Waals surface area (Å²) >= 11 is 0. The smallest absolute Gasteiger partial charge is 0.305 e. The van der Waals surface area contributed by atoms with E-state index in [2.05, 4.69) is 55.4 Å². The minimum atomic E-state index is -0.683. The summed E-state index contributed by atoms with van der Waals surface area (Å²) in [6.07, 6.45) is 19.1. The summed E-state index contributed by atoms with van der Waals surface area (Å²) in [5, 5.41) is 53.5. The predicted octanol–water partition coefficient (Wildman–Crippen LogP) is 10.3. The normalized spacial score (nSPS) is 50.8. The Labute approximate surface area is 370 Å². The van der Waals surface area contributed by atoms with Crippen molar-refractivity contribution in [3.05, 3.63) is 0 Å². The zero-order valence-electron chi connectivity index (χ0n) is 40.0. The van der Waals surface area contributed by atoms with Gasteiger partial charge in [-0.05, 0) is 207 Å². The van der Waals surface area contributed by atoms with Gasteiger partial charge in [0, 0.05) is 12.8 Å². The van der Waals surface area contributed by atoms with Crippen LogP contribution in [0.2, 0.25) is 0 Å². The minimum Gasteiger partial charge on any atom is -0.481 e. The van der Waals surface area contributed by atoms with Crippen LogP contribution in [0.15, 0.2) is 0 Å². The molecule has 0 amide bonds. The topological polar surface area (TPSA) is 145 Å². The fraction of sp³-hybridized carbons (Fsp3) is 0.962. The Morgan fingerprint density at radius 1 is 0.557 bits per heavy atom. The Bertz CT molecular complexity index is 1530. The molecule has 0 aliphatic heterocycles. The summed E-state index contributed by atoms with van der Waals surface area (Å²) in [4.78, 5) is 22.8. The quantitative estimate of drug-likeness (QED) is 0.137. The van der Waals surface area contributed by atoms with Crippen molar-refractivity contribution in [1.29, 1.82) is 0 Å². The Balaban J connectivity index is 0.000000184. The Morgan fingerprint density at radius 2 is 0.934 bits per heavy atom. The molecule has 0 heterocycles. The molecule has 0 saturated heterocycles. The van der Waals surface area contributed by atoms with Crippen LogP contribution in [0.4, 0.5) is 0 Å². The molecule has 8 nitrogen and oxygen atoms in total. The number of aliphatic hydroxyl groups excluding tert-OH is 4. The molecular formula is C53H90O8. The number of ether oxygens (including phenoxy) is 1. The summed E-state index contributed by atoms with van der Waals surface area (Å²) in [6.45, 7) is 19.0. The molecule has 0 spiro atoms. The fourth-order valence-electron chi connectivity index (χ4n) is 19.1. The van der Waals surface area contributed by atoms with Crippen molar-refractivity contribution in [2.75, 3.05) is 7.11 Å². The first-order valence-electron chi connectivity index (χ1n) is 25.8. The van der Waals surface area contributed by atoms with Crippen LogP contribution in [0.25, 0.3) is 0 Å². The number of esters is 1. The number of aliphatic carboxylic acids is 1. The number of carbonyl (C=O) groups is 2. The number of methoxy groups -OCH3 is 1. The highest BCUT2D eigenvalue weighted by molar-refractivity contribution is 5.69. The van der Waals surface area contributed by atoms with E-state index in [4.69, 9.17) is 9.84 Å². The molecule has 0 radical (unpaired) electrons. The molecular weight excluding hydrogens is 765 g/mol. The maximum atomic E-state index is 11.8. The van der Waals surface area contributed by atoms with Crippen molar-refractivity contribution >= 4 is 11.9 Å². The molecule has 8 rings (SSSR count). The minimum absolute atomic E-state index is 0.0952. The number of rotatable bonds is 10. The van der Waals surface area contributed by atoms with Gasteiger partial charge in [-0.1, -0.05) is 68.2 Å². The maximum Gasteiger partial charge on any atom is 0.305 e. The van der Waals surface area contributed by atoms with Crippen LogP contribution < -0.4 is 0 Å². The molecule has 61 heavy (non-hydrogen) atoms. The van der Waals surface area contributed by atoms with E-state index >= 15 is 0 Å². The van der Waals surface area contributed by atoms with Crippen LogP contribution in [0.3, 0.4) is 0 Å². The van der Waals surface area contributed by atoms with Gasteiger partial charge >= 0.3 is 11.9 Å². The zero-order chi connectivity index (χ0) is 44.4. The average Bonchev–Trinajstić information content (AvgIpc) is 3.77. The van der Waals surface area contributed by atoms with E-state index in [0.29, 0.717) is 89.3 Å². The van der Waals surface area contributed by atoms with Crippen molar-refractivity contribution in [1.82, 2.24) is 0 Å². The number of carboxylic acids is 1. The fourth-order valence-corrected chi connectivity index (χ4v) is 19.1. The van der Waals surface area contributed by atoms with E-state index in [1.165, 1.54) is 58.5 Å². The second-order valence-electron chi connectivity index (χ2n) is 24.2. The number of fused-ring (bicyclic) bond motifs is 10. The van der Waals surface area contributed by atoms with Crippen LogP contribution >= 0.6 is 0 Å². The second kappa shape index (κ2) is 18.2. The van der Waals surface area contributed by atoms with Crippen molar-refractivity contribution < 1.29 is 39.9 Å². The number of aliphatic hydroxyl groups is 4. The van der Waals surface area contributed by atoms with Gasteiger partial charge in [0.05, 0.1) is 31.5 Å². The van der Waals surface area contributed by atoms with Gasteiger partial charge < -0.3 is 30.3 Å². The van der Waals surface area contributed by atoms with Gasteiger partial charge in [0.25, 0.3) is 0 Å². The third kappa shape index (κ3) is 8.12. The third-order valence-corrected chi connectivity index (χ3v) is 22.1. The molecule has 8 aliphatic rings. The summed E-state index contributed by atoms with van der Waals surface area (Å²) in [5.41, 5.74) is 1.01. The SMILES string of the molecule is CC[C@H]1[C@@H](O)[C@H]2C3CC[C@H]([C@H](C)CCC(=O)O)[C@@]3(C)CCC2[C@@]2(C)CC[C@@H](O)C[C@@H]12.CC[C@H]1[C@@H](O)[C@H]2C3CC[C@H]([C@H](C)CCC(=O)OC)[C@@]3(C)CCC2[C@@]2(C)CC[C@@H](O)C[C@@H]12. The molecule has 8 saturated carbocycles. The van der Waals surface area contributed by atoms with Crippen molar-refractivity contribution in [2.45, 2.75) is 208 Å². The average molecular weight is 855 g/mol. The highest BCUT2D eigenvalue weighted by Crippen LogP contribution is 2.71. The molecule has 0 aromatic rings. The van der Waals surface area contributed by atoms with E-state index in [0.717, 1.165) is 64.2 Å². The van der Waals surface area contributed by atoms with Crippen LogP contribution in [-0.2, 0) is 14.3 Å². The summed E-state index contributed by atoms with van der Waals surface area (Å²) in [5.74, 6) is 5.98. The third-order valence-electron chi connectivity index (χ3n) is 22.1. The molecule has 8 aliphatic carbocycles. The van der Waals surface area contributed by atoms with E-state index in [9.17, 15) is 30.0 Å². The highest BCUT2D eigenvalue weighted by atomic mass is 16.5. The Morgan fingerprint density at radius 3 is 1.31 bits per heavy atom. The maximum absolute atomic E-state index is 11.8. The number of hydrogen-bond acceptors (Lipinski definition) is 7. The van der Waals surface area contributed by atoms with Gasteiger partial charge in [0.15, 0.2) is 0 Å². The van der Waals surface area contributed by atoms with E-state index < -0.39 is 5.97 Å². The lowest BCUT2D eigenvalue weighted by atomic mass is 9.41. The molecule has 8 heteroatoms. The lowest BCUT2D eigenvalue weighted by Gasteiger charge is -2.64. The highest BCUT2D eigenvalue weighted by Gasteiger charge is 2.66. The molecule has 5 N–H and O–H groups in total.